The van der Waals surface area contributed by atoms with Gasteiger partial charge in [-0.15, -0.1) is 0 Å². The van der Waals surface area contributed by atoms with Crippen LogP contribution < -0.4 is 5.32 Å². The van der Waals surface area contributed by atoms with Crippen molar-refractivity contribution in [1.29, 1.82) is 0 Å². The molecule has 5 nitrogen and oxygen atoms in total. The molecule has 0 spiro atoms. The molecule has 0 aliphatic heterocycles. The Morgan fingerprint density at radius 1 is 1.15 bits per heavy atom. The summed E-state index contributed by atoms with van der Waals surface area (Å²) in [5, 5.41) is 3.26. The highest BCUT2D eigenvalue weighted by Crippen LogP contribution is 1.99. The molecule has 0 aliphatic rings. The Balaban J connectivity index is 3.62. The van der Waals surface area contributed by atoms with Gasteiger partial charge in [-0.2, -0.15) is 0 Å². The van der Waals surface area contributed by atoms with Crippen molar-refractivity contribution in [3.8, 4) is 0 Å². The van der Waals surface area contributed by atoms with Gasteiger partial charge in [0.15, 0.2) is 0 Å². The van der Waals surface area contributed by atoms with Crippen molar-refractivity contribution < 1.29 is 9.53 Å². The maximum absolute atomic E-state index is 10.9. The Morgan fingerprint density at radius 3 is 2.40 bits per heavy atom. The Labute approximate surface area is 124 Å². The number of ether oxygens (including phenoxy) is 1. The zero-order valence-electron chi connectivity index (χ0n) is 13.9. The van der Waals surface area contributed by atoms with E-state index in [-0.39, 0.29) is 5.97 Å². The van der Waals surface area contributed by atoms with E-state index in [4.69, 9.17) is 0 Å². The van der Waals surface area contributed by atoms with Gasteiger partial charge < -0.3 is 15.0 Å². The molecule has 0 bridgehead atoms. The first-order chi connectivity index (χ1) is 9.51. The summed E-state index contributed by atoms with van der Waals surface area (Å²) in [6.45, 7) is 12.7. The van der Waals surface area contributed by atoms with E-state index >= 15 is 0 Å². The van der Waals surface area contributed by atoms with E-state index in [0.29, 0.717) is 19.0 Å². The fourth-order valence-corrected chi connectivity index (χ4v) is 2.01. The minimum absolute atomic E-state index is 0.155. The summed E-state index contributed by atoms with van der Waals surface area (Å²) in [4.78, 5) is 15.8. The first-order valence-corrected chi connectivity index (χ1v) is 7.71. The fraction of sp³-hybridized carbons (Fsp3) is 0.933. The number of hydrogen-bond donors (Lipinski definition) is 1. The van der Waals surface area contributed by atoms with Gasteiger partial charge >= 0.3 is 5.97 Å². The number of nitrogens with zero attached hydrogens (tertiary/aromatic N) is 2. The van der Waals surface area contributed by atoms with Crippen LogP contribution in [0.15, 0.2) is 0 Å². The van der Waals surface area contributed by atoms with Crippen molar-refractivity contribution in [2.45, 2.75) is 39.7 Å². The van der Waals surface area contributed by atoms with E-state index in [1.807, 2.05) is 0 Å². The minimum atomic E-state index is -0.155. The first-order valence-electron chi connectivity index (χ1n) is 7.71. The molecule has 0 aromatic heterocycles. The van der Waals surface area contributed by atoms with Crippen LogP contribution in [-0.4, -0.2) is 75.2 Å². The van der Waals surface area contributed by atoms with Gasteiger partial charge in [-0.1, -0.05) is 6.92 Å². The molecule has 0 aliphatic carbocycles. The largest absolute Gasteiger partial charge is 0.469 e. The van der Waals surface area contributed by atoms with Crippen molar-refractivity contribution >= 4 is 5.97 Å². The van der Waals surface area contributed by atoms with Gasteiger partial charge in [-0.25, -0.2) is 0 Å². The average molecular weight is 287 g/mol. The number of likely N-dealkylation sites (N-methyl/N-ethyl adjacent to an activating group) is 1. The molecule has 0 unspecified atom stereocenters. The number of nitrogens with one attached hydrogen (secondary N) is 1. The van der Waals surface area contributed by atoms with Gasteiger partial charge in [0.25, 0.3) is 0 Å². The standard InChI is InChI=1S/C15H33N3O2/c1-6-10-18(14(2)3)13-12-17(4)11-9-16-8-7-15(19)20-5/h14,16H,6-13H2,1-5H3. The summed E-state index contributed by atoms with van der Waals surface area (Å²) in [7, 11) is 3.57. The van der Waals surface area contributed by atoms with E-state index in [0.717, 1.165) is 26.2 Å². The normalized spacial score (nSPS) is 11.6. The van der Waals surface area contributed by atoms with Crippen LogP contribution in [0.4, 0.5) is 0 Å². The van der Waals surface area contributed by atoms with Crippen LogP contribution in [0.2, 0.25) is 0 Å². The molecule has 120 valence electrons. The third kappa shape index (κ3) is 10.2. The topological polar surface area (TPSA) is 44.8 Å². The first kappa shape index (κ1) is 19.4. The maximum atomic E-state index is 10.9. The SMILES string of the molecule is CCCN(CCN(C)CCNCCC(=O)OC)C(C)C. The highest BCUT2D eigenvalue weighted by Gasteiger charge is 2.09. The summed E-state index contributed by atoms with van der Waals surface area (Å²) in [5.74, 6) is -0.155. The third-order valence-electron chi connectivity index (χ3n) is 3.41. The number of carbonyl (C=O) groups excluding carboxylic acids is 1. The summed E-state index contributed by atoms with van der Waals surface area (Å²) in [5.41, 5.74) is 0. The maximum Gasteiger partial charge on any atom is 0.306 e. The molecule has 0 aromatic carbocycles. The molecule has 5 heteroatoms. The van der Waals surface area contributed by atoms with Crippen LogP contribution in [0, 0.1) is 0 Å². The summed E-state index contributed by atoms with van der Waals surface area (Å²) >= 11 is 0. The molecular weight excluding hydrogens is 254 g/mol. The van der Waals surface area contributed by atoms with E-state index in [1.165, 1.54) is 20.1 Å². The van der Waals surface area contributed by atoms with Gasteiger partial charge in [-0.3, -0.25) is 9.69 Å². The van der Waals surface area contributed by atoms with Crippen molar-refractivity contribution in [2.75, 3.05) is 53.4 Å². The highest BCUT2D eigenvalue weighted by molar-refractivity contribution is 5.69. The second kappa shape index (κ2) is 12.1. The van der Waals surface area contributed by atoms with E-state index in [1.54, 1.807) is 0 Å². The number of methoxy groups -OCH3 is 1. The quantitative estimate of drug-likeness (QED) is 0.431. The summed E-state index contributed by atoms with van der Waals surface area (Å²) in [6.07, 6.45) is 1.65. The van der Waals surface area contributed by atoms with Gasteiger partial charge in [0.1, 0.15) is 0 Å². The number of hydrogen-bond acceptors (Lipinski definition) is 5. The molecule has 1 N–H and O–H groups in total. The Bertz CT molecular complexity index is 247. The van der Waals surface area contributed by atoms with Crippen LogP contribution in [0.1, 0.15) is 33.6 Å². The van der Waals surface area contributed by atoms with Gasteiger partial charge in [0, 0.05) is 38.8 Å². The molecule has 0 amide bonds. The lowest BCUT2D eigenvalue weighted by molar-refractivity contribution is -0.140. The summed E-state index contributed by atoms with van der Waals surface area (Å²) < 4.78 is 4.59. The smallest absolute Gasteiger partial charge is 0.306 e. The van der Waals surface area contributed by atoms with E-state index < -0.39 is 0 Å². The third-order valence-corrected chi connectivity index (χ3v) is 3.41. The second-order valence-electron chi connectivity index (χ2n) is 5.51. The lowest BCUT2D eigenvalue weighted by atomic mass is 10.3. The van der Waals surface area contributed by atoms with Gasteiger partial charge in [0.2, 0.25) is 0 Å². The van der Waals surface area contributed by atoms with E-state index in [2.05, 4.69) is 47.7 Å². The zero-order chi connectivity index (χ0) is 15.4. The van der Waals surface area contributed by atoms with Crippen LogP contribution in [0.25, 0.3) is 0 Å². The van der Waals surface area contributed by atoms with Crippen LogP contribution in [0.3, 0.4) is 0 Å². The van der Waals surface area contributed by atoms with E-state index in [9.17, 15) is 4.79 Å². The number of carbonyl (C=O) groups is 1. The Hall–Kier alpha value is -0.650. The van der Waals surface area contributed by atoms with Crippen molar-refractivity contribution in [1.82, 2.24) is 15.1 Å². The number of rotatable bonds is 12. The molecule has 0 heterocycles. The Kier molecular flexibility index (Phi) is 11.7. The van der Waals surface area contributed by atoms with Crippen LogP contribution in [-0.2, 0) is 9.53 Å². The Morgan fingerprint density at radius 2 is 1.85 bits per heavy atom. The van der Waals surface area contributed by atoms with Crippen LogP contribution in [0.5, 0.6) is 0 Å². The van der Waals surface area contributed by atoms with Gasteiger partial charge in [-0.05, 0) is 33.9 Å². The van der Waals surface area contributed by atoms with Crippen molar-refractivity contribution in [3.63, 3.8) is 0 Å². The predicted molar refractivity (Wildman–Crippen MR) is 84.0 cm³/mol. The molecule has 0 rings (SSSR count). The monoisotopic (exact) mass is 287 g/mol. The fourth-order valence-electron chi connectivity index (χ4n) is 2.01. The lowest BCUT2D eigenvalue weighted by Gasteiger charge is -2.28. The van der Waals surface area contributed by atoms with Crippen molar-refractivity contribution in [3.05, 3.63) is 0 Å². The zero-order valence-corrected chi connectivity index (χ0v) is 13.9. The molecule has 0 radical (unpaired) electrons. The highest BCUT2D eigenvalue weighted by atomic mass is 16.5. The molecule has 0 aromatic rings. The molecule has 20 heavy (non-hydrogen) atoms. The molecular formula is C15H33N3O2. The molecule has 0 fully saturated rings. The molecule has 0 saturated heterocycles. The second-order valence-corrected chi connectivity index (χ2v) is 5.51. The van der Waals surface area contributed by atoms with Gasteiger partial charge in [0.05, 0.1) is 13.5 Å². The molecule has 0 saturated carbocycles. The minimum Gasteiger partial charge on any atom is -0.469 e. The summed E-state index contributed by atoms with van der Waals surface area (Å²) in [6, 6.07) is 0.613. The molecule has 0 atom stereocenters. The number of esters is 1. The van der Waals surface area contributed by atoms with Crippen LogP contribution >= 0.6 is 0 Å². The average Bonchev–Trinajstić information content (AvgIpc) is 2.42. The predicted octanol–water partition coefficient (Wildman–Crippen LogP) is 1.19. The van der Waals surface area contributed by atoms with Crippen molar-refractivity contribution in [2.24, 2.45) is 0 Å². The lowest BCUT2D eigenvalue weighted by Crippen LogP contribution is -2.39.